The number of aliphatic hydroxyl groups excluding tert-OH is 2. The average molecular weight is 1050 g/mol. The first-order valence-corrected chi connectivity index (χ1v) is 29.6. The molecular weight excluding hydrogens is 949 g/mol. The molecule has 1 saturated heterocycles. The van der Waals surface area contributed by atoms with Gasteiger partial charge in [-0.2, -0.15) is 0 Å². The number of ether oxygens (including phenoxy) is 5. The highest BCUT2D eigenvalue weighted by Gasteiger charge is 2.50. The van der Waals surface area contributed by atoms with Crippen molar-refractivity contribution < 1.29 is 58.2 Å². The van der Waals surface area contributed by atoms with Gasteiger partial charge in [-0.05, 0) is 83.5 Å². The molecule has 0 aromatic carbocycles. The van der Waals surface area contributed by atoms with Crippen LogP contribution in [-0.2, 0) is 42.9 Å². The van der Waals surface area contributed by atoms with E-state index in [1.807, 2.05) is 6.08 Å². The van der Waals surface area contributed by atoms with Crippen LogP contribution >= 0.6 is 0 Å². The van der Waals surface area contributed by atoms with E-state index >= 15 is 0 Å². The molecule has 0 radical (unpaired) electrons. The summed E-state index contributed by atoms with van der Waals surface area (Å²) in [5.41, 5.74) is 0. The third-order valence-corrected chi connectivity index (χ3v) is 12.9. The number of carboxylic acids is 1. The first-order valence-electron chi connectivity index (χ1n) is 29.6. The lowest BCUT2D eigenvalue weighted by molar-refractivity contribution is -0.301. The highest BCUT2D eigenvalue weighted by Crippen LogP contribution is 2.26. The van der Waals surface area contributed by atoms with Crippen molar-refractivity contribution in [2.45, 2.75) is 276 Å². The normalized spacial score (nSPS) is 18.8. The van der Waals surface area contributed by atoms with E-state index in [0.29, 0.717) is 25.7 Å². The second-order valence-electron chi connectivity index (χ2n) is 19.9. The molecule has 12 nitrogen and oxygen atoms in total. The van der Waals surface area contributed by atoms with E-state index in [2.05, 4.69) is 99.8 Å². The van der Waals surface area contributed by atoms with Crippen LogP contribution in [0.4, 0.5) is 0 Å². The number of carboxylic acid groups (broad SMARTS) is 1. The summed E-state index contributed by atoms with van der Waals surface area (Å²) in [4.78, 5) is 51.1. The molecule has 1 aliphatic heterocycles. The van der Waals surface area contributed by atoms with Crippen molar-refractivity contribution >= 4 is 23.9 Å². The topological polar surface area (TPSA) is 175 Å². The minimum atomic E-state index is -1.92. The summed E-state index contributed by atoms with van der Waals surface area (Å²) in [7, 11) is 0. The highest BCUT2D eigenvalue weighted by atomic mass is 16.7. The zero-order chi connectivity index (χ0) is 54.7. The fraction of sp³-hybridized carbons (Fsp3) is 0.714. The fourth-order valence-electron chi connectivity index (χ4n) is 8.44. The molecule has 0 aromatic rings. The molecule has 0 amide bonds. The predicted molar refractivity (Wildman–Crippen MR) is 303 cm³/mol. The highest BCUT2D eigenvalue weighted by molar-refractivity contribution is 5.74. The first kappa shape index (κ1) is 68.9. The number of esters is 3. The Kier molecular flexibility index (Phi) is 46.6. The predicted octanol–water partition coefficient (Wildman–Crippen LogP) is 15.1. The number of aliphatic hydroxyl groups is 2. The van der Waals surface area contributed by atoms with E-state index in [4.69, 9.17) is 23.7 Å². The maximum Gasteiger partial charge on any atom is 0.335 e. The maximum atomic E-state index is 13.1. The second kappa shape index (κ2) is 50.7. The molecular formula is C63H104O12. The van der Waals surface area contributed by atoms with E-state index in [-0.39, 0.29) is 25.9 Å². The van der Waals surface area contributed by atoms with Gasteiger partial charge in [-0.3, -0.25) is 14.4 Å². The monoisotopic (exact) mass is 1050 g/mol. The molecule has 6 unspecified atom stereocenters. The third-order valence-electron chi connectivity index (χ3n) is 12.9. The molecule has 1 heterocycles. The smallest absolute Gasteiger partial charge is 0.335 e. The van der Waals surface area contributed by atoms with Gasteiger partial charge in [-0.15, -0.1) is 0 Å². The van der Waals surface area contributed by atoms with Gasteiger partial charge in [-0.1, -0.05) is 221 Å². The van der Waals surface area contributed by atoms with Crippen LogP contribution in [0, 0.1) is 0 Å². The van der Waals surface area contributed by atoms with Gasteiger partial charge in [0.25, 0.3) is 0 Å². The SMILES string of the molecule is CC/C=C\C/C=C\C/C=C\C/C=C\C/C=C\CCCC(=O)OCC(COC1OC(C(=O)O)C(O)C(O)C1OC(=O)CCCCCCC/C=C\C/C=C\CCC)OC(=O)CCCCCCCCCCCCCCCCC. The van der Waals surface area contributed by atoms with Crippen LogP contribution in [0.5, 0.6) is 0 Å². The fourth-order valence-corrected chi connectivity index (χ4v) is 8.44. The number of hydrogen-bond donors (Lipinski definition) is 3. The van der Waals surface area contributed by atoms with Gasteiger partial charge < -0.3 is 39.0 Å². The summed E-state index contributed by atoms with van der Waals surface area (Å²) < 4.78 is 28.4. The van der Waals surface area contributed by atoms with Crippen molar-refractivity contribution in [2.24, 2.45) is 0 Å². The Morgan fingerprint density at radius 2 is 0.880 bits per heavy atom. The molecule has 75 heavy (non-hydrogen) atoms. The third kappa shape index (κ3) is 40.8. The van der Waals surface area contributed by atoms with E-state index < -0.39 is 67.3 Å². The van der Waals surface area contributed by atoms with Crippen molar-refractivity contribution in [3.63, 3.8) is 0 Å². The summed E-state index contributed by atoms with van der Waals surface area (Å²) in [6, 6.07) is 0. The largest absolute Gasteiger partial charge is 0.479 e. The van der Waals surface area contributed by atoms with E-state index in [1.165, 1.54) is 70.6 Å². The van der Waals surface area contributed by atoms with E-state index in [1.54, 1.807) is 0 Å². The Morgan fingerprint density at radius 1 is 0.453 bits per heavy atom. The molecule has 1 rings (SSSR count). The van der Waals surface area contributed by atoms with Crippen LogP contribution in [0.15, 0.2) is 85.1 Å². The molecule has 1 fully saturated rings. The summed E-state index contributed by atoms with van der Waals surface area (Å²) in [5.74, 6) is -3.21. The van der Waals surface area contributed by atoms with Gasteiger partial charge in [0, 0.05) is 19.3 Å². The molecule has 0 aliphatic carbocycles. The summed E-state index contributed by atoms with van der Waals surface area (Å²) in [6.45, 7) is 5.76. The van der Waals surface area contributed by atoms with E-state index in [9.17, 15) is 34.5 Å². The van der Waals surface area contributed by atoms with Gasteiger partial charge in [0.15, 0.2) is 24.6 Å². The van der Waals surface area contributed by atoms with Crippen LogP contribution in [-0.4, -0.2) is 89.2 Å². The van der Waals surface area contributed by atoms with Gasteiger partial charge >= 0.3 is 23.9 Å². The maximum absolute atomic E-state index is 13.1. The molecule has 1 aliphatic rings. The molecule has 0 spiro atoms. The number of hydrogen-bond acceptors (Lipinski definition) is 11. The van der Waals surface area contributed by atoms with Gasteiger partial charge in [-0.25, -0.2) is 4.79 Å². The van der Waals surface area contributed by atoms with Crippen LogP contribution in [0.2, 0.25) is 0 Å². The number of carbonyl (C=O) groups excluding carboxylic acids is 3. The minimum Gasteiger partial charge on any atom is -0.479 e. The summed E-state index contributed by atoms with van der Waals surface area (Å²) in [6.07, 6.45) is 52.7. The number of allylic oxidation sites excluding steroid dienone is 14. The standard InChI is InChI=1S/C63H104O12/c1-4-7-10-13-16-19-22-25-27-28-30-32-34-37-40-43-46-49-55(64)71-52-54(73-56(65)50-47-44-41-38-36-33-29-26-23-20-17-14-11-8-5-2)53-72-63-61(59(68)58(67)60(75-63)62(69)70)74-57(66)51-48-45-42-39-35-31-24-21-18-15-12-9-6-3/h7,10,12,15-16,19,21,24-25,27,30,32,37,40,54,58-61,63,67-68H,4-6,8-9,11,13-14,17-18,20,22-23,26,28-29,31,33-36,38-39,41-53H2,1-3H3,(H,69,70)/b10-7-,15-12-,19-16-,24-21-,27-25-,32-30-,40-37-. The van der Waals surface area contributed by atoms with Crippen LogP contribution in [0.25, 0.3) is 0 Å². The molecule has 0 saturated carbocycles. The molecule has 428 valence electrons. The number of unbranched alkanes of at least 4 members (excludes halogenated alkanes) is 21. The second-order valence-corrected chi connectivity index (χ2v) is 19.9. The lowest BCUT2D eigenvalue weighted by Crippen LogP contribution is -2.61. The Bertz CT molecular complexity index is 1630. The van der Waals surface area contributed by atoms with Crippen molar-refractivity contribution in [3.8, 4) is 0 Å². The minimum absolute atomic E-state index is 0.0367. The van der Waals surface area contributed by atoms with Gasteiger partial charge in [0.1, 0.15) is 18.8 Å². The Balaban J connectivity index is 2.74. The first-order chi connectivity index (χ1) is 36.6. The zero-order valence-corrected chi connectivity index (χ0v) is 47.0. The quantitative estimate of drug-likeness (QED) is 0.0228. The van der Waals surface area contributed by atoms with Gasteiger partial charge in [0.2, 0.25) is 0 Å². The molecule has 0 aromatic heterocycles. The molecule has 6 atom stereocenters. The van der Waals surface area contributed by atoms with Crippen molar-refractivity contribution in [2.75, 3.05) is 13.2 Å². The molecule has 12 heteroatoms. The zero-order valence-electron chi connectivity index (χ0n) is 47.0. The number of rotatable bonds is 49. The van der Waals surface area contributed by atoms with Crippen molar-refractivity contribution in [1.82, 2.24) is 0 Å². The van der Waals surface area contributed by atoms with Crippen molar-refractivity contribution in [1.29, 1.82) is 0 Å². The lowest BCUT2D eigenvalue weighted by Gasteiger charge is -2.40. The van der Waals surface area contributed by atoms with Crippen molar-refractivity contribution in [3.05, 3.63) is 85.1 Å². The lowest BCUT2D eigenvalue weighted by atomic mass is 9.98. The number of carbonyl (C=O) groups is 4. The molecule has 0 bridgehead atoms. The summed E-state index contributed by atoms with van der Waals surface area (Å²) in [5, 5.41) is 31.5. The Morgan fingerprint density at radius 3 is 1.37 bits per heavy atom. The van der Waals surface area contributed by atoms with Crippen LogP contribution in [0.1, 0.15) is 239 Å². The van der Waals surface area contributed by atoms with E-state index in [0.717, 1.165) is 103 Å². The Labute approximate surface area is 454 Å². The van der Waals surface area contributed by atoms with Crippen LogP contribution < -0.4 is 0 Å². The van der Waals surface area contributed by atoms with Gasteiger partial charge in [0.05, 0.1) is 6.61 Å². The van der Waals surface area contributed by atoms with Crippen LogP contribution in [0.3, 0.4) is 0 Å². The molecule has 3 N–H and O–H groups in total. The summed E-state index contributed by atoms with van der Waals surface area (Å²) >= 11 is 0. The Hall–Kier alpha value is -4.10. The number of aliphatic carboxylic acids is 1. The average Bonchev–Trinajstić information content (AvgIpc) is 3.39.